The Labute approximate surface area is 168 Å². The van der Waals surface area contributed by atoms with Crippen molar-refractivity contribution in [3.63, 3.8) is 0 Å². The van der Waals surface area contributed by atoms with Gasteiger partial charge in [0.1, 0.15) is 5.82 Å². The van der Waals surface area contributed by atoms with Crippen LogP contribution in [0.15, 0.2) is 16.5 Å². The number of nitrogens with one attached hydrogen (secondary N) is 1. The highest BCUT2D eigenvalue weighted by molar-refractivity contribution is 7.99. The van der Waals surface area contributed by atoms with Crippen LogP contribution < -0.4 is 15.1 Å². The molecule has 1 atom stereocenters. The molecule has 2 N–H and O–H groups in total. The Morgan fingerprint density at radius 1 is 1.19 bits per heavy atom. The molecule has 4 heterocycles. The van der Waals surface area contributed by atoms with Crippen LogP contribution in [-0.4, -0.2) is 64.6 Å². The number of hydrogen-bond acceptors (Lipinski definition) is 9. The van der Waals surface area contributed by atoms with Crippen LogP contribution in [0.25, 0.3) is 0 Å². The molecule has 0 saturated carbocycles. The average molecular weight is 407 g/mol. The second kappa shape index (κ2) is 8.20. The zero-order valence-corrected chi connectivity index (χ0v) is 17.4. The van der Waals surface area contributed by atoms with Gasteiger partial charge in [-0.25, -0.2) is 9.97 Å². The molecule has 2 aliphatic heterocycles. The van der Waals surface area contributed by atoms with Gasteiger partial charge in [0.2, 0.25) is 5.95 Å². The molecule has 0 bridgehead atoms. The van der Waals surface area contributed by atoms with E-state index in [1.807, 2.05) is 23.3 Å². The number of aromatic nitrogens is 3. The normalized spacial score (nSPS) is 18.1. The van der Waals surface area contributed by atoms with Gasteiger partial charge >= 0.3 is 0 Å². The molecule has 2 aromatic rings. The number of anilines is 3. The molecule has 4 rings (SSSR count). The summed E-state index contributed by atoms with van der Waals surface area (Å²) >= 11 is 3.50. The van der Waals surface area contributed by atoms with Crippen molar-refractivity contribution >= 4 is 40.0 Å². The number of rotatable bonds is 6. The first-order valence-corrected chi connectivity index (χ1v) is 11.3. The molecule has 2 aromatic heterocycles. The van der Waals surface area contributed by atoms with Crippen molar-refractivity contribution in [1.29, 1.82) is 0 Å². The number of aliphatic hydroxyl groups excluding tert-OH is 1. The molecule has 1 saturated heterocycles. The fourth-order valence-corrected chi connectivity index (χ4v) is 5.11. The van der Waals surface area contributed by atoms with Crippen LogP contribution in [0.5, 0.6) is 0 Å². The first-order valence-electron chi connectivity index (χ1n) is 9.46. The molecule has 9 heteroatoms. The van der Waals surface area contributed by atoms with Gasteiger partial charge in [0.15, 0.2) is 5.13 Å². The van der Waals surface area contributed by atoms with Gasteiger partial charge in [-0.1, -0.05) is 13.8 Å². The van der Waals surface area contributed by atoms with E-state index < -0.39 is 0 Å². The van der Waals surface area contributed by atoms with Gasteiger partial charge in [-0.2, -0.15) is 4.98 Å². The van der Waals surface area contributed by atoms with Crippen molar-refractivity contribution in [2.24, 2.45) is 5.92 Å². The van der Waals surface area contributed by atoms with Crippen LogP contribution in [0.1, 0.15) is 19.5 Å². The van der Waals surface area contributed by atoms with Crippen molar-refractivity contribution in [2.75, 3.05) is 53.7 Å². The van der Waals surface area contributed by atoms with Crippen molar-refractivity contribution in [3.05, 3.63) is 17.3 Å². The summed E-state index contributed by atoms with van der Waals surface area (Å²) in [4.78, 5) is 19.9. The van der Waals surface area contributed by atoms with E-state index in [0.717, 1.165) is 65.8 Å². The molecule has 0 spiro atoms. The smallest absolute Gasteiger partial charge is 0.227 e. The van der Waals surface area contributed by atoms with E-state index in [0.29, 0.717) is 5.92 Å². The lowest BCUT2D eigenvalue weighted by molar-refractivity contribution is 0.249. The fraction of sp³-hybridized carbons (Fsp3) is 0.611. The molecule has 0 radical (unpaired) electrons. The first kappa shape index (κ1) is 18.8. The summed E-state index contributed by atoms with van der Waals surface area (Å²) in [6.07, 6.45) is 2.84. The van der Waals surface area contributed by atoms with Gasteiger partial charge < -0.3 is 20.2 Å². The molecule has 0 aliphatic carbocycles. The number of thiazole rings is 1. The molecule has 7 nitrogen and oxygen atoms in total. The molecule has 27 heavy (non-hydrogen) atoms. The predicted octanol–water partition coefficient (Wildman–Crippen LogP) is 2.34. The van der Waals surface area contributed by atoms with Crippen LogP contribution in [0, 0.1) is 5.92 Å². The van der Waals surface area contributed by atoms with Gasteiger partial charge in [0.05, 0.1) is 23.2 Å². The molecular formula is C18H26N6OS2. The topological polar surface area (TPSA) is 77.4 Å². The number of piperazine rings is 1. The van der Waals surface area contributed by atoms with Crippen molar-refractivity contribution in [2.45, 2.75) is 31.2 Å². The Bertz CT molecular complexity index is 761. The predicted molar refractivity (Wildman–Crippen MR) is 112 cm³/mol. The van der Waals surface area contributed by atoms with Crippen LogP contribution in [-0.2, 0) is 6.42 Å². The zero-order chi connectivity index (χ0) is 18.8. The molecule has 2 aliphatic rings. The lowest BCUT2D eigenvalue weighted by Crippen LogP contribution is -2.47. The second-order valence-corrected chi connectivity index (χ2v) is 9.19. The molecule has 1 fully saturated rings. The molecular weight excluding hydrogens is 380 g/mol. The Balaban J connectivity index is 1.52. The summed E-state index contributed by atoms with van der Waals surface area (Å²) in [7, 11) is 0. The minimum Gasteiger partial charge on any atom is -0.394 e. The van der Waals surface area contributed by atoms with Gasteiger partial charge in [-0.05, 0) is 5.92 Å². The molecule has 146 valence electrons. The summed E-state index contributed by atoms with van der Waals surface area (Å²) in [5.74, 6) is 3.06. The van der Waals surface area contributed by atoms with E-state index in [1.165, 1.54) is 0 Å². The lowest BCUT2D eigenvalue weighted by Gasteiger charge is -2.35. The zero-order valence-electron chi connectivity index (χ0n) is 15.8. The maximum atomic E-state index is 9.71. The minimum absolute atomic E-state index is 0.000185. The Hall–Kier alpha value is -1.58. The molecule has 0 unspecified atom stereocenters. The maximum Gasteiger partial charge on any atom is 0.227 e. The summed E-state index contributed by atoms with van der Waals surface area (Å²) in [6, 6.07) is -0.000185. The minimum atomic E-state index is -0.000185. The largest absolute Gasteiger partial charge is 0.394 e. The van der Waals surface area contributed by atoms with Crippen molar-refractivity contribution in [1.82, 2.24) is 15.0 Å². The monoisotopic (exact) mass is 406 g/mol. The highest BCUT2D eigenvalue weighted by Crippen LogP contribution is 2.37. The van der Waals surface area contributed by atoms with Crippen LogP contribution in [0.3, 0.4) is 0 Å². The quantitative estimate of drug-likeness (QED) is 0.757. The summed E-state index contributed by atoms with van der Waals surface area (Å²) in [5.41, 5.74) is 1.13. The maximum absolute atomic E-state index is 9.71. The highest BCUT2D eigenvalue weighted by atomic mass is 32.2. The number of aliphatic hydroxyl groups is 1. The van der Waals surface area contributed by atoms with E-state index in [2.05, 4.69) is 33.9 Å². The van der Waals surface area contributed by atoms with E-state index in [-0.39, 0.29) is 12.6 Å². The first-order chi connectivity index (χ1) is 13.2. The van der Waals surface area contributed by atoms with Crippen LogP contribution >= 0.6 is 23.1 Å². The number of thioether (sulfide) groups is 1. The van der Waals surface area contributed by atoms with Gasteiger partial charge in [0.25, 0.3) is 0 Å². The van der Waals surface area contributed by atoms with Crippen molar-refractivity contribution < 1.29 is 5.11 Å². The SMILES string of the molecule is CC(C)[C@H](CO)Nc1nc(N2CCN(c3nccs3)CC2)nc2c1SCC2. The Kier molecular flexibility index (Phi) is 5.70. The number of aryl methyl sites for hydroxylation is 1. The summed E-state index contributed by atoms with van der Waals surface area (Å²) in [5, 5.41) is 16.3. The third-order valence-electron chi connectivity index (χ3n) is 5.09. The average Bonchev–Trinajstić information content (AvgIpc) is 3.37. The highest BCUT2D eigenvalue weighted by Gasteiger charge is 2.26. The van der Waals surface area contributed by atoms with E-state index in [9.17, 15) is 5.11 Å². The van der Waals surface area contributed by atoms with E-state index in [1.54, 1.807) is 11.3 Å². The number of nitrogens with zero attached hydrogens (tertiary/aromatic N) is 5. The van der Waals surface area contributed by atoms with Gasteiger partial charge in [-0.3, -0.25) is 0 Å². The lowest BCUT2D eigenvalue weighted by atomic mass is 10.1. The van der Waals surface area contributed by atoms with E-state index >= 15 is 0 Å². The summed E-state index contributed by atoms with van der Waals surface area (Å²) in [6.45, 7) is 7.95. The standard InChI is InChI=1S/C18H26N6OS2/c1-12(2)14(11-25)20-16-15-13(3-9-26-15)21-17(22-16)23-5-7-24(8-6-23)18-19-4-10-27-18/h4,10,12,14,25H,3,5-9,11H2,1-2H3,(H,20,21,22)/t14-/m0/s1. The van der Waals surface area contributed by atoms with Crippen molar-refractivity contribution in [3.8, 4) is 0 Å². The molecule has 0 aromatic carbocycles. The Morgan fingerprint density at radius 2 is 1.96 bits per heavy atom. The Morgan fingerprint density at radius 3 is 2.63 bits per heavy atom. The van der Waals surface area contributed by atoms with E-state index in [4.69, 9.17) is 9.97 Å². The third kappa shape index (κ3) is 4.00. The van der Waals surface area contributed by atoms with Gasteiger partial charge in [0, 0.05) is 49.9 Å². The second-order valence-electron chi connectivity index (χ2n) is 7.21. The number of hydrogen-bond donors (Lipinski definition) is 2. The number of fused-ring (bicyclic) bond motifs is 1. The van der Waals surface area contributed by atoms with Crippen LogP contribution in [0.2, 0.25) is 0 Å². The third-order valence-corrected chi connectivity index (χ3v) is 7.04. The van der Waals surface area contributed by atoms with Crippen LogP contribution in [0.4, 0.5) is 16.9 Å². The summed E-state index contributed by atoms with van der Waals surface area (Å²) < 4.78 is 0. The van der Waals surface area contributed by atoms with Gasteiger partial charge in [-0.15, -0.1) is 23.1 Å². The fourth-order valence-electron chi connectivity index (χ4n) is 3.36. The molecule has 0 amide bonds.